The number of rotatable bonds is 3. The number of hydrogen-bond acceptors (Lipinski definition) is 3. The van der Waals surface area contributed by atoms with Crippen molar-refractivity contribution in [2.75, 3.05) is 26.2 Å². The van der Waals surface area contributed by atoms with Crippen LogP contribution in [0.3, 0.4) is 0 Å². The predicted octanol–water partition coefficient (Wildman–Crippen LogP) is 1.79. The minimum Gasteiger partial charge on any atom is -0.300 e. The molecule has 1 aromatic heterocycles. The van der Waals surface area contributed by atoms with Crippen molar-refractivity contribution >= 4 is 0 Å². The summed E-state index contributed by atoms with van der Waals surface area (Å²) in [5, 5.41) is 4.34. The van der Waals surface area contributed by atoms with Crippen LogP contribution in [0.15, 0.2) is 6.20 Å². The SMILES string of the molecule is Cc1cnn(C)c1CN1CCC(N2CCCC2)CC1. The Bertz CT molecular complexity index is 392. The number of hydrogen-bond donors (Lipinski definition) is 0. The first-order valence-electron chi connectivity index (χ1n) is 7.68. The van der Waals surface area contributed by atoms with Gasteiger partial charge in [0.05, 0.1) is 11.9 Å². The molecule has 0 aromatic carbocycles. The van der Waals surface area contributed by atoms with Crippen molar-refractivity contribution in [2.24, 2.45) is 7.05 Å². The van der Waals surface area contributed by atoms with E-state index in [1.165, 1.54) is 63.1 Å². The van der Waals surface area contributed by atoms with Gasteiger partial charge in [-0.1, -0.05) is 0 Å². The van der Waals surface area contributed by atoms with Crippen LogP contribution in [0.5, 0.6) is 0 Å². The van der Waals surface area contributed by atoms with Crippen LogP contribution in [-0.2, 0) is 13.6 Å². The van der Waals surface area contributed by atoms with Crippen molar-refractivity contribution in [3.63, 3.8) is 0 Å². The maximum Gasteiger partial charge on any atom is 0.0550 e. The highest BCUT2D eigenvalue weighted by atomic mass is 15.3. The minimum absolute atomic E-state index is 0.853. The number of nitrogens with zero attached hydrogens (tertiary/aromatic N) is 4. The molecule has 0 spiro atoms. The largest absolute Gasteiger partial charge is 0.300 e. The normalized spacial score (nSPS) is 23.3. The minimum atomic E-state index is 0.853. The Labute approximate surface area is 116 Å². The molecule has 0 atom stereocenters. The van der Waals surface area contributed by atoms with E-state index >= 15 is 0 Å². The van der Waals surface area contributed by atoms with E-state index in [2.05, 4.69) is 28.9 Å². The topological polar surface area (TPSA) is 24.3 Å². The molecule has 1 aromatic rings. The molecule has 0 aliphatic carbocycles. The lowest BCUT2D eigenvalue weighted by Gasteiger charge is -2.36. The molecule has 3 heterocycles. The molecule has 2 aliphatic heterocycles. The van der Waals surface area contributed by atoms with Gasteiger partial charge in [-0.25, -0.2) is 0 Å². The lowest BCUT2D eigenvalue weighted by atomic mass is 10.0. The fraction of sp³-hybridized carbons (Fsp3) is 0.800. The highest BCUT2D eigenvalue weighted by Crippen LogP contribution is 2.22. The number of aryl methyl sites for hydroxylation is 2. The van der Waals surface area contributed by atoms with E-state index < -0.39 is 0 Å². The van der Waals surface area contributed by atoms with Gasteiger partial charge in [0.2, 0.25) is 0 Å². The third kappa shape index (κ3) is 2.84. The first kappa shape index (κ1) is 13.1. The monoisotopic (exact) mass is 262 g/mol. The van der Waals surface area contributed by atoms with Gasteiger partial charge < -0.3 is 4.90 Å². The summed E-state index contributed by atoms with van der Waals surface area (Å²) in [4.78, 5) is 5.31. The molecule has 0 saturated carbocycles. The Balaban J connectivity index is 1.53. The number of aromatic nitrogens is 2. The first-order chi connectivity index (χ1) is 9.24. The summed E-state index contributed by atoms with van der Waals surface area (Å²) in [6, 6.07) is 0.853. The van der Waals surface area contributed by atoms with Crippen LogP contribution in [-0.4, -0.2) is 51.8 Å². The van der Waals surface area contributed by atoms with E-state index in [1.54, 1.807) is 0 Å². The van der Waals surface area contributed by atoms with Crippen LogP contribution >= 0.6 is 0 Å². The third-order valence-corrected chi connectivity index (χ3v) is 4.86. The fourth-order valence-electron chi connectivity index (χ4n) is 3.56. The van der Waals surface area contributed by atoms with Crippen molar-refractivity contribution in [3.8, 4) is 0 Å². The molecule has 3 rings (SSSR count). The quantitative estimate of drug-likeness (QED) is 0.830. The van der Waals surface area contributed by atoms with Crippen LogP contribution in [0.25, 0.3) is 0 Å². The molecule has 0 N–H and O–H groups in total. The highest BCUT2D eigenvalue weighted by Gasteiger charge is 2.26. The van der Waals surface area contributed by atoms with E-state index in [4.69, 9.17) is 0 Å². The number of piperidine rings is 1. The van der Waals surface area contributed by atoms with Crippen molar-refractivity contribution in [1.82, 2.24) is 19.6 Å². The second kappa shape index (κ2) is 5.63. The summed E-state index contributed by atoms with van der Waals surface area (Å²) >= 11 is 0. The molecule has 19 heavy (non-hydrogen) atoms. The van der Waals surface area contributed by atoms with Gasteiger partial charge in [-0.3, -0.25) is 9.58 Å². The van der Waals surface area contributed by atoms with E-state index in [0.29, 0.717) is 0 Å². The molecular formula is C15H26N4. The molecule has 0 bridgehead atoms. The van der Waals surface area contributed by atoms with Crippen molar-refractivity contribution in [3.05, 3.63) is 17.5 Å². The summed E-state index contributed by atoms with van der Waals surface area (Å²) < 4.78 is 2.03. The van der Waals surface area contributed by atoms with E-state index in [9.17, 15) is 0 Å². The van der Waals surface area contributed by atoms with Gasteiger partial charge in [-0.2, -0.15) is 5.10 Å². The molecule has 0 unspecified atom stereocenters. The summed E-state index contributed by atoms with van der Waals surface area (Å²) in [5.41, 5.74) is 2.70. The molecule has 2 fully saturated rings. The average molecular weight is 262 g/mol. The summed E-state index contributed by atoms with van der Waals surface area (Å²) in [6.45, 7) is 8.39. The highest BCUT2D eigenvalue weighted by molar-refractivity contribution is 5.15. The van der Waals surface area contributed by atoms with Crippen LogP contribution in [0.1, 0.15) is 36.9 Å². The zero-order valence-electron chi connectivity index (χ0n) is 12.3. The predicted molar refractivity (Wildman–Crippen MR) is 77.1 cm³/mol. The van der Waals surface area contributed by atoms with Crippen molar-refractivity contribution in [1.29, 1.82) is 0 Å². The second-order valence-corrected chi connectivity index (χ2v) is 6.15. The summed E-state index contributed by atoms with van der Waals surface area (Å²) in [5.74, 6) is 0. The van der Waals surface area contributed by atoms with Gasteiger partial charge in [0.25, 0.3) is 0 Å². The van der Waals surface area contributed by atoms with E-state index in [1.807, 2.05) is 10.9 Å². The van der Waals surface area contributed by atoms with Crippen LogP contribution in [0.2, 0.25) is 0 Å². The third-order valence-electron chi connectivity index (χ3n) is 4.86. The zero-order valence-corrected chi connectivity index (χ0v) is 12.3. The van der Waals surface area contributed by atoms with Gasteiger partial charge in [-0.05, 0) is 51.3 Å². The Morgan fingerprint density at radius 2 is 1.84 bits per heavy atom. The van der Waals surface area contributed by atoms with E-state index in [-0.39, 0.29) is 0 Å². The standard InChI is InChI=1S/C15H26N4/c1-13-11-16-17(2)15(13)12-18-9-5-14(6-10-18)19-7-3-4-8-19/h11,14H,3-10,12H2,1-2H3. The maximum absolute atomic E-state index is 4.34. The van der Waals surface area contributed by atoms with Crippen LogP contribution < -0.4 is 0 Å². The van der Waals surface area contributed by atoms with Gasteiger partial charge in [0, 0.05) is 32.7 Å². The molecule has 0 radical (unpaired) electrons. The molecule has 4 nitrogen and oxygen atoms in total. The van der Waals surface area contributed by atoms with Gasteiger partial charge in [0.1, 0.15) is 0 Å². The van der Waals surface area contributed by atoms with Crippen LogP contribution in [0, 0.1) is 6.92 Å². The van der Waals surface area contributed by atoms with E-state index in [0.717, 1.165) is 12.6 Å². The molecule has 4 heteroatoms. The van der Waals surface area contributed by atoms with Crippen molar-refractivity contribution in [2.45, 2.75) is 45.2 Å². The fourth-order valence-corrected chi connectivity index (χ4v) is 3.56. The van der Waals surface area contributed by atoms with Gasteiger partial charge >= 0.3 is 0 Å². The maximum atomic E-state index is 4.34. The number of likely N-dealkylation sites (tertiary alicyclic amines) is 2. The Morgan fingerprint density at radius 3 is 2.42 bits per heavy atom. The van der Waals surface area contributed by atoms with Crippen molar-refractivity contribution < 1.29 is 0 Å². The Hall–Kier alpha value is -0.870. The molecule has 2 aliphatic rings. The van der Waals surface area contributed by atoms with Gasteiger partial charge in [-0.15, -0.1) is 0 Å². The Morgan fingerprint density at radius 1 is 1.16 bits per heavy atom. The summed E-state index contributed by atoms with van der Waals surface area (Å²) in [6.07, 6.45) is 7.49. The van der Waals surface area contributed by atoms with Gasteiger partial charge in [0.15, 0.2) is 0 Å². The molecular weight excluding hydrogens is 236 g/mol. The summed E-state index contributed by atoms with van der Waals surface area (Å²) in [7, 11) is 2.05. The van der Waals surface area contributed by atoms with Crippen LogP contribution in [0.4, 0.5) is 0 Å². The Kier molecular flexibility index (Phi) is 3.89. The lowest BCUT2D eigenvalue weighted by molar-refractivity contribution is 0.121. The molecule has 2 saturated heterocycles. The molecule has 0 amide bonds. The zero-order chi connectivity index (χ0) is 13.2. The second-order valence-electron chi connectivity index (χ2n) is 6.15. The average Bonchev–Trinajstić information content (AvgIpc) is 3.05. The lowest BCUT2D eigenvalue weighted by Crippen LogP contribution is -2.43. The molecule has 106 valence electrons. The smallest absolute Gasteiger partial charge is 0.0550 e. The first-order valence-corrected chi connectivity index (χ1v) is 7.68.